The van der Waals surface area contributed by atoms with Gasteiger partial charge in [-0.2, -0.15) is 15.0 Å². The van der Waals surface area contributed by atoms with Crippen LogP contribution in [-0.4, -0.2) is 28.0 Å². The smallest absolute Gasteiger partial charge is 0.233 e. The van der Waals surface area contributed by atoms with Gasteiger partial charge in [-0.15, -0.1) is 0 Å². The van der Waals surface area contributed by atoms with Crippen molar-refractivity contribution in [1.29, 1.82) is 0 Å². The van der Waals surface area contributed by atoms with Crippen molar-refractivity contribution in [2.24, 2.45) is 0 Å². The predicted octanol–water partition coefficient (Wildman–Crippen LogP) is 5.14. The third-order valence-corrected chi connectivity index (χ3v) is 5.11. The molecule has 0 radical (unpaired) electrons. The maximum absolute atomic E-state index is 4.69. The molecule has 2 heterocycles. The Kier molecular flexibility index (Phi) is 5.60. The van der Waals surface area contributed by atoms with E-state index in [4.69, 9.17) is 4.98 Å². The van der Waals surface area contributed by atoms with E-state index >= 15 is 0 Å². The van der Waals surface area contributed by atoms with E-state index in [0.717, 1.165) is 36.8 Å². The Morgan fingerprint density at radius 2 is 1.38 bits per heavy atom. The molecule has 150 valence electrons. The molecule has 1 saturated heterocycles. The minimum atomic E-state index is 0.554. The first-order valence-electron chi connectivity index (χ1n) is 10.3. The number of nitrogens with zero attached hydrogens (tertiary/aromatic N) is 4. The number of nitrogens with one attached hydrogen (secondary N) is 2. The minimum Gasteiger partial charge on any atom is -0.341 e. The van der Waals surface area contributed by atoms with Crippen LogP contribution in [0.25, 0.3) is 0 Å². The fraction of sp³-hybridized carbons (Fsp3) is 0.348. The van der Waals surface area contributed by atoms with Gasteiger partial charge in [-0.25, -0.2) is 0 Å². The van der Waals surface area contributed by atoms with E-state index in [1.165, 1.54) is 29.5 Å². The quantitative estimate of drug-likeness (QED) is 0.610. The molecule has 0 aliphatic carbocycles. The Morgan fingerprint density at radius 1 is 0.793 bits per heavy atom. The standard InChI is InChI=1S/C23H28N6/c1-4-18-7-9-19(10-8-18)24-21-26-22(25-20-14-16(2)13-17(3)15-20)28-23(27-21)29-11-5-6-12-29/h7-10,13-15H,4-6,11-12H2,1-3H3,(H2,24,25,26,27,28). The normalized spacial score (nSPS) is 13.6. The number of aryl methyl sites for hydroxylation is 3. The van der Waals surface area contributed by atoms with Crippen molar-refractivity contribution in [3.63, 3.8) is 0 Å². The van der Waals surface area contributed by atoms with Crippen molar-refractivity contribution in [1.82, 2.24) is 15.0 Å². The largest absolute Gasteiger partial charge is 0.341 e. The first-order valence-corrected chi connectivity index (χ1v) is 10.3. The second-order valence-corrected chi connectivity index (χ2v) is 7.65. The van der Waals surface area contributed by atoms with Gasteiger partial charge in [0.15, 0.2) is 0 Å². The topological polar surface area (TPSA) is 66.0 Å². The molecule has 6 nitrogen and oxygen atoms in total. The third-order valence-electron chi connectivity index (χ3n) is 5.11. The van der Waals surface area contributed by atoms with Crippen LogP contribution in [0.3, 0.4) is 0 Å². The van der Waals surface area contributed by atoms with Gasteiger partial charge < -0.3 is 15.5 Å². The number of benzene rings is 2. The maximum atomic E-state index is 4.69. The van der Waals surface area contributed by atoms with Crippen LogP contribution < -0.4 is 15.5 Å². The molecule has 29 heavy (non-hydrogen) atoms. The van der Waals surface area contributed by atoms with E-state index in [1.54, 1.807) is 0 Å². The molecular formula is C23H28N6. The highest BCUT2D eigenvalue weighted by atomic mass is 15.3. The summed E-state index contributed by atoms with van der Waals surface area (Å²) in [6.45, 7) is 8.30. The highest BCUT2D eigenvalue weighted by molar-refractivity contribution is 5.60. The lowest BCUT2D eigenvalue weighted by Crippen LogP contribution is -2.21. The van der Waals surface area contributed by atoms with Crippen molar-refractivity contribution in [3.05, 3.63) is 59.2 Å². The van der Waals surface area contributed by atoms with Crippen LogP contribution in [0.4, 0.5) is 29.2 Å². The molecule has 1 aliphatic heterocycles. The number of rotatable bonds is 6. The second kappa shape index (κ2) is 8.47. The van der Waals surface area contributed by atoms with Gasteiger partial charge in [-0.05, 0) is 74.1 Å². The molecule has 0 saturated carbocycles. The highest BCUT2D eigenvalue weighted by Crippen LogP contribution is 2.23. The summed E-state index contributed by atoms with van der Waals surface area (Å²) in [5.41, 5.74) is 5.67. The first kappa shape index (κ1) is 19.2. The van der Waals surface area contributed by atoms with E-state index in [0.29, 0.717) is 11.9 Å². The van der Waals surface area contributed by atoms with Crippen LogP contribution in [0.2, 0.25) is 0 Å². The molecule has 1 fully saturated rings. The molecule has 2 aromatic carbocycles. The summed E-state index contributed by atoms with van der Waals surface area (Å²) in [5.74, 6) is 1.83. The lowest BCUT2D eigenvalue weighted by molar-refractivity contribution is 0.886. The summed E-state index contributed by atoms with van der Waals surface area (Å²) in [6.07, 6.45) is 3.37. The molecule has 4 rings (SSSR count). The molecular weight excluding hydrogens is 360 g/mol. The zero-order valence-electron chi connectivity index (χ0n) is 17.4. The van der Waals surface area contributed by atoms with Crippen LogP contribution in [-0.2, 0) is 6.42 Å². The van der Waals surface area contributed by atoms with Crippen molar-refractivity contribution >= 4 is 29.2 Å². The van der Waals surface area contributed by atoms with E-state index < -0.39 is 0 Å². The lowest BCUT2D eigenvalue weighted by atomic mass is 10.1. The van der Waals surface area contributed by atoms with Crippen molar-refractivity contribution in [2.45, 2.75) is 40.0 Å². The fourth-order valence-corrected chi connectivity index (χ4v) is 3.66. The summed E-state index contributed by atoms with van der Waals surface area (Å²) >= 11 is 0. The second-order valence-electron chi connectivity index (χ2n) is 7.65. The Balaban J connectivity index is 1.64. The van der Waals surface area contributed by atoms with Crippen LogP contribution in [0.1, 0.15) is 36.5 Å². The van der Waals surface area contributed by atoms with Crippen molar-refractivity contribution in [2.75, 3.05) is 28.6 Å². The molecule has 0 atom stereocenters. The number of hydrogen-bond donors (Lipinski definition) is 2. The van der Waals surface area contributed by atoms with Gasteiger partial charge in [0.25, 0.3) is 0 Å². The number of hydrogen-bond acceptors (Lipinski definition) is 6. The van der Waals surface area contributed by atoms with Gasteiger partial charge in [0.1, 0.15) is 0 Å². The van der Waals surface area contributed by atoms with E-state index in [-0.39, 0.29) is 0 Å². The Bertz CT molecular complexity index is 957. The summed E-state index contributed by atoms with van der Waals surface area (Å²) in [7, 11) is 0. The summed E-state index contributed by atoms with van der Waals surface area (Å²) in [6, 6.07) is 14.7. The Hall–Kier alpha value is -3.15. The van der Waals surface area contributed by atoms with E-state index in [9.17, 15) is 0 Å². The highest BCUT2D eigenvalue weighted by Gasteiger charge is 2.18. The first-order chi connectivity index (χ1) is 14.1. The van der Waals surface area contributed by atoms with Gasteiger partial charge in [0, 0.05) is 24.5 Å². The van der Waals surface area contributed by atoms with E-state index in [2.05, 4.69) is 88.7 Å². The van der Waals surface area contributed by atoms with Gasteiger partial charge in [0.05, 0.1) is 0 Å². The zero-order valence-corrected chi connectivity index (χ0v) is 17.4. The lowest BCUT2D eigenvalue weighted by Gasteiger charge is -2.17. The average Bonchev–Trinajstić information content (AvgIpc) is 3.22. The monoisotopic (exact) mass is 388 g/mol. The van der Waals surface area contributed by atoms with Gasteiger partial charge in [0.2, 0.25) is 17.8 Å². The van der Waals surface area contributed by atoms with Crippen LogP contribution in [0.15, 0.2) is 42.5 Å². The summed E-state index contributed by atoms with van der Waals surface area (Å²) in [5, 5.41) is 6.70. The number of anilines is 5. The van der Waals surface area contributed by atoms with Crippen molar-refractivity contribution in [3.8, 4) is 0 Å². The molecule has 0 amide bonds. The molecule has 0 spiro atoms. The molecule has 1 aromatic heterocycles. The van der Waals surface area contributed by atoms with Crippen LogP contribution in [0, 0.1) is 13.8 Å². The minimum absolute atomic E-state index is 0.554. The van der Waals surface area contributed by atoms with Crippen LogP contribution >= 0.6 is 0 Å². The van der Waals surface area contributed by atoms with Gasteiger partial charge in [-0.3, -0.25) is 0 Å². The van der Waals surface area contributed by atoms with Gasteiger partial charge in [-0.1, -0.05) is 25.1 Å². The average molecular weight is 389 g/mol. The summed E-state index contributed by atoms with van der Waals surface area (Å²) in [4.78, 5) is 16.2. The fourth-order valence-electron chi connectivity index (χ4n) is 3.66. The molecule has 3 aromatic rings. The van der Waals surface area contributed by atoms with Crippen LogP contribution in [0.5, 0.6) is 0 Å². The predicted molar refractivity (Wildman–Crippen MR) is 120 cm³/mol. The maximum Gasteiger partial charge on any atom is 0.233 e. The van der Waals surface area contributed by atoms with E-state index in [1.807, 2.05) is 0 Å². The SMILES string of the molecule is CCc1ccc(Nc2nc(Nc3cc(C)cc(C)c3)nc(N3CCCC3)n2)cc1. The molecule has 1 aliphatic rings. The zero-order chi connectivity index (χ0) is 20.2. The Labute approximate surface area is 172 Å². The number of aromatic nitrogens is 3. The van der Waals surface area contributed by atoms with Crippen molar-refractivity contribution < 1.29 is 0 Å². The third kappa shape index (κ3) is 4.83. The molecule has 2 N–H and O–H groups in total. The molecule has 6 heteroatoms. The van der Waals surface area contributed by atoms with Gasteiger partial charge >= 0.3 is 0 Å². The summed E-state index contributed by atoms with van der Waals surface area (Å²) < 4.78 is 0. The molecule has 0 bridgehead atoms. The molecule has 0 unspecified atom stereocenters. The Morgan fingerprint density at radius 3 is 1.97 bits per heavy atom.